The quantitative estimate of drug-likeness (QED) is 0.708. The van der Waals surface area contributed by atoms with Crippen LogP contribution >= 0.6 is 27.5 Å². The van der Waals surface area contributed by atoms with Gasteiger partial charge in [-0.25, -0.2) is 0 Å². The van der Waals surface area contributed by atoms with Gasteiger partial charge >= 0.3 is 0 Å². The Balaban J connectivity index is 1.53. The molecule has 0 saturated carbocycles. The molecule has 1 heterocycles. The molecule has 0 atom stereocenters. The van der Waals surface area contributed by atoms with Crippen molar-refractivity contribution < 1.29 is 9.53 Å². The highest BCUT2D eigenvalue weighted by atomic mass is 79.9. The molecule has 1 fully saturated rings. The number of carbonyl (C=O) groups excluding carboxylic acids is 1. The van der Waals surface area contributed by atoms with Crippen LogP contribution < -0.4 is 9.64 Å². The summed E-state index contributed by atoms with van der Waals surface area (Å²) in [6.45, 7) is 7.11. The van der Waals surface area contributed by atoms with E-state index in [1.54, 1.807) is 0 Å². The molecular formula is C20H22BrClN2O2. The summed E-state index contributed by atoms with van der Waals surface area (Å²) in [5, 5.41) is 0.738. The number of aryl methyl sites for hydroxylation is 2. The summed E-state index contributed by atoms with van der Waals surface area (Å²) in [6.07, 6.45) is 0. The van der Waals surface area contributed by atoms with E-state index in [-0.39, 0.29) is 12.5 Å². The van der Waals surface area contributed by atoms with E-state index >= 15 is 0 Å². The second kappa shape index (κ2) is 8.31. The lowest BCUT2D eigenvalue weighted by atomic mass is 10.1. The van der Waals surface area contributed by atoms with Gasteiger partial charge in [-0.05, 0) is 55.3 Å². The summed E-state index contributed by atoms with van der Waals surface area (Å²) >= 11 is 9.59. The van der Waals surface area contributed by atoms with Gasteiger partial charge in [-0.2, -0.15) is 0 Å². The molecule has 0 spiro atoms. The Kier molecular flexibility index (Phi) is 6.09. The first-order valence-electron chi connectivity index (χ1n) is 8.62. The van der Waals surface area contributed by atoms with Crippen LogP contribution in [0.4, 0.5) is 5.69 Å². The van der Waals surface area contributed by atoms with E-state index in [1.165, 1.54) is 5.56 Å². The third-order valence-electron chi connectivity index (χ3n) is 4.64. The molecule has 0 aromatic heterocycles. The van der Waals surface area contributed by atoms with Gasteiger partial charge in [-0.1, -0.05) is 33.6 Å². The highest BCUT2D eigenvalue weighted by molar-refractivity contribution is 9.10. The maximum Gasteiger partial charge on any atom is 0.260 e. The molecule has 1 aliphatic heterocycles. The predicted octanol–water partition coefficient (Wildman–Crippen LogP) is 4.45. The SMILES string of the molecule is Cc1cc(OCC(=O)N2CCN(c3cc(Cl)ccc3C)CC2)ccc1Br. The molecule has 6 heteroatoms. The third-order valence-corrected chi connectivity index (χ3v) is 5.76. The number of rotatable bonds is 4. The average Bonchev–Trinajstić information content (AvgIpc) is 2.64. The summed E-state index contributed by atoms with van der Waals surface area (Å²) in [5.74, 6) is 0.736. The van der Waals surface area contributed by atoms with Crippen LogP contribution in [-0.2, 0) is 4.79 Å². The van der Waals surface area contributed by atoms with Crippen LogP contribution in [0, 0.1) is 13.8 Å². The van der Waals surface area contributed by atoms with Crippen LogP contribution in [0.25, 0.3) is 0 Å². The Labute approximate surface area is 167 Å². The molecule has 0 unspecified atom stereocenters. The molecule has 26 heavy (non-hydrogen) atoms. The standard InChI is InChI=1S/C20H22BrClN2O2/c1-14-3-4-16(22)12-19(14)23-7-9-24(10-8-23)20(25)13-26-17-5-6-18(21)15(2)11-17/h3-6,11-12H,7-10,13H2,1-2H3. The zero-order valence-corrected chi connectivity index (χ0v) is 17.3. The molecular weight excluding hydrogens is 416 g/mol. The number of piperazine rings is 1. The molecule has 3 rings (SSSR count). The number of carbonyl (C=O) groups is 1. The van der Waals surface area contributed by atoms with Gasteiger partial charge in [0.15, 0.2) is 6.61 Å². The zero-order valence-electron chi connectivity index (χ0n) is 15.0. The maximum atomic E-state index is 12.4. The summed E-state index contributed by atoms with van der Waals surface area (Å²) in [4.78, 5) is 16.6. The minimum Gasteiger partial charge on any atom is -0.484 e. The molecule has 0 aliphatic carbocycles. The second-order valence-electron chi connectivity index (χ2n) is 6.50. The highest BCUT2D eigenvalue weighted by Crippen LogP contribution is 2.25. The molecule has 0 radical (unpaired) electrons. The van der Waals surface area contributed by atoms with Crippen LogP contribution in [0.1, 0.15) is 11.1 Å². The number of benzene rings is 2. The molecule has 1 amide bonds. The van der Waals surface area contributed by atoms with Crippen molar-refractivity contribution >= 4 is 39.1 Å². The Morgan fingerprint density at radius 1 is 1.08 bits per heavy atom. The van der Waals surface area contributed by atoms with E-state index < -0.39 is 0 Å². The first kappa shape index (κ1) is 19.1. The van der Waals surface area contributed by atoms with Crippen LogP contribution in [-0.4, -0.2) is 43.6 Å². The highest BCUT2D eigenvalue weighted by Gasteiger charge is 2.22. The largest absolute Gasteiger partial charge is 0.484 e. The van der Waals surface area contributed by atoms with E-state index in [0.717, 1.165) is 33.8 Å². The van der Waals surface area contributed by atoms with E-state index in [0.29, 0.717) is 18.8 Å². The second-order valence-corrected chi connectivity index (χ2v) is 7.79. The minimum absolute atomic E-state index is 0.0213. The summed E-state index contributed by atoms with van der Waals surface area (Å²) in [6, 6.07) is 11.7. The number of ether oxygens (including phenoxy) is 1. The molecule has 4 nitrogen and oxygen atoms in total. The molecule has 0 N–H and O–H groups in total. The Hall–Kier alpha value is -1.72. The van der Waals surface area contributed by atoms with Gasteiger partial charge in [0.05, 0.1) is 0 Å². The predicted molar refractivity (Wildman–Crippen MR) is 109 cm³/mol. The van der Waals surface area contributed by atoms with Gasteiger partial charge in [0.2, 0.25) is 0 Å². The topological polar surface area (TPSA) is 32.8 Å². The van der Waals surface area contributed by atoms with Gasteiger partial charge in [-0.3, -0.25) is 4.79 Å². The lowest BCUT2D eigenvalue weighted by molar-refractivity contribution is -0.133. The Morgan fingerprint density at radius 2 is 1.81 bits per heavy atom. The molecule has 1 saturated heterocycles. The van der Waals surface area contributed by atoms with Gasteiger partial charge in [0.25, 0.3) is 5.91 Å². The van der Waals surface area contributed by atoms with Gasteiger partial charge < -0.3 is 14.5 Å². The number of nitrogens with zero attached hydrogens (tertiary/aromatic N) is 2. The maximum absolute atomic E-state index is 12.4. The van der Waals surface area contributed by atoms with Crippen molar-refractivity contribution in [2.45, 2.75) is 13.8 Å². The van der Waals surface area contributed by atoms with Crippen molar-refractivity contribution in [3.8, 4) is 5.75 Å². The smallest absolute Gasteiger partial charge is 0.260 e. The average molecular weight is 438 g/mol. The van der Waals surface area contributed by atoms with Crippen LogP contribution in [0.5, 0.6) is 5.75 Å². The van der Waals surface area contributed by atoms with E-state index in [4.69, 9.17) is 16.3 Å². The number of hydrogen-bond acceptors (Lipinski definition) is 3. The first-order chi connectivity index (χ1) is 12.4. The third kappa shape index (κ3) is 4.51. The molecule has 0 bridgehead atoms. The Morgan fingerprint density at radius 3 is 2.50 bits per heavy atom. The van der Waals surface area contributed by atoms with Crippen molar-refractivity contribution in [1.29, 1.82) is 0 Å². The van der Waals surface area contributed by atoms with Crippen molar-refractivity contribution in [2.75, 3.05) is 37.7 Å². The lowest BCUT2D eigenvalue weighted by Gasteiger charge is -2.36. The fourth-order valence-electron chi connectivity index (χ4n) is 3.06. The molecule has 1 aliphatic rings. The number of anilines is 1. The van der Waals surface area contributed by atoms with E-state index in [9.17, 15) is 4.79 Å². The van der Waals surface area contributed by atoms with Gasteiger partial charge in [0, 0.05) is 41.4 Å². The van der Waals surface area contributed by atoms with Crippen molar-refractivity contribution in [3.05, 3.63) is 57.0 Å². The zero-order chi connectivity index (χ0) is 18.7. The Bertz CT molecular complexity index is 804. The minimum atomic E-state index is 0.0213. The summed E-state index contributed by atoms with van der Waals surface area (Å²) in [7, 11) is 0. The van der Waals surface area contributed by atoms with Gasteiger partial charge in [0.1, 0.15) is 5.75 Å². The lowest BCUT2D eigenvalue weighted by Crippen LogP contribution is -2.50. The molecule has 138 valence electrons. The van der Waals surface area contributed by atoms with E-state index in [1.807, 2.05) is 48.2 Å². The fourth-order valence-corrected chi connectivity index (χ4v) is 3.48. The first-order valence-corrected chi connectivity index (χ1v) is 9.79. The summed E-state index contributed by atoms with van der Waals surface area (Å²) < 4.78 is 6.69. The van der Waals surface area contributed by atoms with Crippen LogP contribution in [0.15, 0.2) is 40.9 Å². The number of halogens is 2. The van der Waals surface area contributed by atoms with Crippen molar-refractivity contribution in [1.82, 2.24) is 4.90 Å². The number of amides is 1. The normalized spacial score (nSPS) is 14.5. The number of hydrogen-bond donors (Lipinski definition) is 0. The van der Waals surface area contributed by atoms with Gasteiger partial charge in [-0.15, -0.1) is 0 Å². The molecule has 2 aromatic carbocycles. The van der Waals surface area contributed by atoms with E-state index in [2.05, 4.69) is 27.8 Å². The van der Waals surface area contributed by atoms with Crippen molar-refractivity contribution in [3.63, 3.8) is 0 Å². The summed E-state index contributed by atoms with van der Waals surface area (Å²) in [5.41, 5.74) is 3.43. The van der Waals surface area contributed by atoms with Crippen LogP contribution in [0.2, 0.25) is 5.02 Å². The van der Waals surface area contributed by atoms with Crippen LogP contribution in [0.3, 0.4) is 0 Å². The monoisotopic (exact) mass is 436 g/mol. The van der Waals surface area contributed by atoms with Crippen molar-refractivity contribution in [2.24, 2.45) is 0 Å². The molecule has 2 aromatic rings. The fraction of sp³-hybridized carbons (Fsp3) is 0.350.